The van der Waals surface area contributed by atoms with Gasteiger partial charge < -0.3 is 10.6 Å². The number of hydrogen-bond donors (Lipinski definition) is 2. The second-order valence-electron chi connectivity index (χ2n) is 4.75. The summed E-state index contributed by atoms with van der Waals surface area (Å²) >= 11 is 0. The lowest BCUT2D eigenvalue weighted by Crippen LogP contribution is -2.44. The van der Waals surface area contributed by atoms with Gasteiger partial charge in [-0.25, -0.2) is 0 Å². The highest BCUT2D eigenvalue weighted by Gasteiger charge is 2.22. The molecule has 1 aliphatic heterocycles. The molecule has 1 amide bonds. The first kappa shape index (κ1) is 12.1. The Morgan fingerprint density at radius 3 is 2.88 bits per heavy atom. The number of hydrogen-bond acceptors (Lipinski definition) is 2. The zero-order valence-electron chi connectivity index (χ0n) is 10.3. The Kier molecular flexibility index (Phi) is 4.15. The van der Waals surface area contributed by atoms with E-state index in [1.54, 1.807) is 0 Å². The molecule has 0 saturated carbocycles. The third-order valence-electron chi connectivity index (χ3n) is 3.15. The van der Waals surface area contributed by atoms with Gasteiger partial charge in [0.25, 0.3) is 0 Å². The van der Waals surface area contributed by atoms with Crippen LogP contribution in [0.1, 0.15) is 25.3 Å². The molecule has 0 aliphatic carbocycles. The van der Waals surface area contributed by atoms with Gasteiger partial charge in [-0.1, -0.05) is 30.3 Å². The van der Waals surface area contributed by atoms with Crippen LogP contribution in [0.4, 0.5) is 0 Å². The molecule has 2 N–H and O–H groups in total. The molecule has 2 rings (SSSR count). The molecule has 17 heavy (non-hydrogen) atoms. The first-order chi connectivity index (χ1) is 8.25. The van der Waals surface area contributed by atoms with Crippen LogP contribution in [0.15, 0.2) is 30.3 Å². The Morgan fingerprint density at radius 1 is 1.47 bits per heavy atom. The first-order valence-electron chi connectivity index (χ1n) is 6.33. The van der Waals surface area contributed by atoms with Crippen LogP contribution in [0, 0.1) is 0 Å². The van der Waals surface area contributed by atoms with Crippen LogP contribution in [0.25, 0.3) is 0 Å². The van der Waals surface area contributed by atoms with Crippen LogP contribution in [-0.4, -0.2) is 24.5 Å². The number of benzene rings is 1. The van der Waals surface area contributed by atoms with Crippen molar-refractivity contribution in [2.75, 3.05) is 6.54 Å². The molecule has 0 bridgehead atoms. The molecule has 1 heterocycles. The molecule has 2 atom stereocenters. The summed E-state index contributed by atoms with van der Waals surface area (Å²) in [6.07, 6.45) is 2.95. The van der Waals surface area contributed by atoms with Crippen molar-refractivity contribution in [2.24, 2.45) is 0 Å². The Bertz CT molecular complexity index is 358. The summed E-state index contributed by atoms with van der Waals surface area (Å²) in [5, 5.41) is 6.28. The largest absolute Gasteiger partial charge is 0.352 e. The van der Waals surface area contributed by atoms with Gasteiger partial charge in [0.1, 0.15) is 0 Å². The summed E-state index contributed by atoms with van der Waals surface area (Å²) in [6, 6.07) is 10.5. The lowest BCUT2D eigenvalue weighted by atomic mass is 10.1. The zero-order chi connectivity index (χ0) is 12.1. The van der Waals surface area contributed by atoms with E-state index in [1.807, 2.05) is 18.2 Å². The Hall–Kier alpha value is -1.35. The van der Waals surface area contributed by atoms with E-state index in [-0.39, 0.29) is 18.0 Å². The molecule has 1 aromatic rings. The van der Waals surface area contributed by atoms with Gasteiger partial charge in [-0.15, -0.1) is 0 Å². The second-order valence-corrected chi connectivity index (χ2v) is 4.75. The van der Waals surface area contributed by atoms with Crippen molar-refractivity contribution in [3.05, 3.63) is 35.9 Å². The van der Waals surface area contributed by atoms with Gasteiger partial charge in [0.15, 0.2) is 0 Å². The van der Waals surface area contributed by atoms with E-state index >= 15 is 0 Å². The van der Waals surface area contributed by atoms with Crippen LogP contribution >= 0.6 is 0 Å². The molecule has 0 unspecified atom stereocenters. The van der Waals surface area contributed by atoms with E-state index in [0.717, 1.165) is 25.8 Å². The number of nitrogens with one attached hydrogen (secondary N) is 2. The average Bonchev–Trinajstić information content (AvgIpc) is 2.83. The van der Waals surface area contributed by atoms with Gasteiger partial charge in [-0.3, -0.25) is 4.79 Å². The smallest absolute Gasteiger partial charge is 0.237 e. The molecule has 3 heteroatoms. The molecular formula is C14H20N2O. The van der Waals surface area contributed by atoms with Crippen molar-refractivity contribution in [1.82, 2.24) is 10.6 Å². The minimum atomic E-state index is 0.0215. The summed E-state index contributed by atoms with van der Waals surface area (Å²) in [7, 11) is 0. The van der Waals surface area contributed by atoms with Gasteiger partial charge in [0.2, 0.25) is 5.91 Å². The van der Waals surface area contributed by atoms with Gasteiger partial charge >= 0.3 is 0 Å². The van der Waals surface area contributed by atoms with Crippen LogP contribution < -0.4 is 10.6 Å². The zero-order valence-corrected chi connectivity index (χ0v) is 10.3. The van der Waals surface area contributed by atoms with Crippen molar-refractivity contribution < 1.29 is 4.79 Å². The highest BCUT2D eigenvalue weighted by atomic mass is 16.2. The number of rotatable bonds is 4. The molecule has 0 aromatic heterocycles. The quantitative estimate of drug-likeness (QED) is 0.825. The minimum Gasteiger partial charge on any atom is -0.352 e. The predicted octanol–water partition coefficient (Wildman–Crippen LogP) is 1.49. The minimum absolute atomic E-state index is 0.0215. The highest BCUT2D eigenvalue weighted by molar-refractivity contribution is 5.82. The normalized spacial score (nSPS) is 21.1. The molecule has 1 saturated heterocycles. The number of carbonyl (C=O) groups excluding carboxylic acids is 1. The van der Waals surface area contributed by atoms with Crippen molar-refractivity contribution in [3.63, 3.8) is 0 Å². The predicted molar refractivity (Wildman–Crippen MR) is 68.8 cm³/mol. The maximum absolute atomic E-state index is 11.9. The average molecular weight is 232 g/mol. The van der Waals surface area contributed by atoms with Crippen LogP contribution in [0.2, 0.25) is 0 Å². The van der Waals surface area contributed by atoms with E-state index in [4.69, 9.17) is 0 Å². The fourth-order valence-electron chi connectivity index (χ4n) is 2.27. The van der Waals surface area contributed by atoms with E-state index < -0.39 is 0 Å². The highest BCUT2D eigenvalue weighted by Crippen LogP contribution is 2.07. The van der Waals surface area contributed by atoms with Gasteiger partial charge in [0.05, 0.1) is 6.04 Å². The maximum atomic E-state index is 11.9. The van der Waals surface area contributed by atoms with E-state index in [2.05, 4.69) is 29.7 Å². The summed E-state index contributed by atoms with van der Waals surface area (Å²) in [5.41, 5.74) is 1.26. The summed E-state index contributed by atoms with van der Waals surface area (Å²) in [4.78, 5) is 11.9. The third-order valence-corrected chi connectivity index (χ3v) is 3.15. The van der Waals surface area contributed by atoms with Gasteiger partial charge in [0, 0.05) is 6.04 Å². The van der Waals surface area contributed by atoms with Crippen molar-refractivity contribution in [1.29, 1.82) is 0 Å². The Balaban J connectivity index is 1.80. The van der Waals surface area contributed by atoms with Gasteiger partial charge in [-0.05, 0) is 38.3 Å². The van der Waals surface area contributed by atoms with E-state index in [1.165, 1.54) is 5.56 Å². The molecule has 0 spiro atoms. The van der Waals surface area contributed by atoms with Crippen molar-refractivity contribution >= 4 is 5.91 Å². The van der Waals surface area contributed by atoms with Crippen LogP contribution in [0.5, 0.6) is 0 Å². The van der Waals surface area contributed by atoms with Crippen LogP contribution in [0.3, 0.4) is 0 Å². The molecule has 1 fully saturated rings. The first-order valence-corrected chi connectivity index (χ1v) is 6.33. The fraction of sp³-hybridized carbons (Fsp3) is 0.500. The molecule has 1 aromatic carbocycles. The molecule has 3 nitrogen and oxygen atoms in total. The Labute approximate surface area is 103 Å². The molecule has 0 radical (unpaired) electrons. The number of carbonyl (C=O) groups is 1. The maximum Gasteiger partial charge on any atom is 0.237 e. The monoisotopic (exact) mass is 232 g/mol. The van der Waals surface area contributed by atoms with Gasteiger partial charge in [-0.2, -0.15) is 0 Å². The summed E-state index contributed by atoms with van der Waals surface area (Å²) < 4.78 is 0. The topological polar surface area (TPSA) is 41.1 Å². The standard InChI is InChI=1S/C14H20N2O/c1-11(10-12-6-3-2-4-7-12)16-14(17)13-8-5-9-15-13/h2-4,6-7,11,13,15H,5,8-10H2,1H3,(H,16,17)/t11-,13-/m0/s1. The molecule has 92 valence electrons. The lowest BCUT2D eigenvalue weighted by Gasteiger charge is -2.17. The lowest BCUT2D eigenvalue weighted by molar-refractivity contribution is -0.123. The van der Waals surface area contributed by atoms with Crippen LogP contribution in [-0.2, 0) is 11.2 Å². The third kappa shape index (κ3) is 3.56. The second kappa shape index (κ2) is 5.82. The fourth-order valence-corrected chi connectivity index (χ4v) is 2.27. The molecule has 1 aliphatic rings. The SMILES string of the molecule is C[C@@H](Cc1ccccc1)NC(=O)[C@@H]1CCCN1. The van der Waals surface area contributed by atoms with Crippen molar-refractivity contribution in [3.8, 4) is 0 Å². The molecular weight excluding hydrogens is 212 g/mol. The summed E-state index contributed by atoms with van der Waals surface area (Å²) in [5.74, 6) is 0.144. The summed E-state index contributed by atoms with van der Waals surface area (Å²) in [6.45, 7) is 3.02. The van der Waals surface area contributed by atoms with E-state index in [9.17, 15) is 4.79 Å². The van der Waals surface area contributed by atoms with E-state index in [0.29, 0.717) is 0 Å². The Morgan fingerprint density at radius 2 is 2.24 bits per heavy atom. The van der Waals surface area contributed by atoms with Crippen molar-refractivity contribution in [2.45, 2.75) is 38.3 Å². The number of amides is 1.